The molecule has 0 aliphatic carbocycles. The number of rotatable bonds is 9. The molecule has 3 aromatic rings. The fraction of sp³-hybridized carbons (Fsp3) is 0.368. The smallest absolute Gasteiger partial charge is 0.240 e. The summed E-state index contributed by atoms with van der Waals surface area (Å²) < 4.78 is 35.2. The first kappa shape index (κ1) is 20.5. The van der Waals surface area contributed by atoms with E-state index in [-0.39, 0.29) is 11.0 Å². The van der Waals surface area contributed by atoms with E-state index >= 15 is 0 Å². The van der Waals surface area contributed by atoms with Crippen LogP contribution < -0.4 is 4.72 Å². The van der Waals surface area contributed by atoms with Crippen molar-refractivity contribution in [1.82, 2.24) is 19.5 Å². The molecule has 0 bridgehead atoms. The maximum atomic E-state index is 12.3. The van der Waals surface area contributed by atoms with Crippen LogP contribution in [0.2, 0.25) is 0 Å². The molecule has 10 heteroatoms. The van der Waals surface area contributed by atoms with E-state index in [1.54, 1.807) is 41.7 Å². The molecule has 4 rings (SSSR count). The Bertz CT molecular complexity index is 1010. The molecule has 1 N–H and O–H groups in total. The van der Waals surface area contributed by atoms with Gasteiger partial charge in [0.15, 0.2) is 11.0 Å². The average Bonchev–Trinajstić information content (AvgIpc) is 3.49. The molecule has 0 spiro atoms. The zero-order valence-corrected chi connectivity index (χ0v) is 18.2. The number of nitrogens with zero attached hydrogens (tertiary/aromatic N) is 3. The SMILES string of the molecule is O=S(=O)(NCCSc1nnc(-c2cccs2)n1C[C@@H]1CCCO1)c1ccccc1. The lowest BCUT2D eigenvalue weighted by molar-refractivity contribution is 0.0953. The lowest BCUT2D eigenvalue weighted by Gasteiger charge is -2.14. The van der Waals surface area contributed by atoms with E-state index in [4.69, 9.17) is 4.74 Å². The Labute approximate surface area is 178 Å². The Morgan fingerprint density at radius 2 is 2.07 bits per heavy atom. The molecular formula is C19H22N4O3S3. The van der Waals surface area contributed by atoms with Crippen molar-refractivity contribution in [3.63, 3.8) is 0 Å². The molecule has 7 nitrogen and oxygen atoms in total. The molecule has 3 heterocycles. The van der Waals surface area contributed by atoms with Gasteiger partial charge in [-0.3, -0.25) is 4.57 Å². The Hall–Kier alpha value is -1.72. The van der Waals surface area contributed by atoms with Crippen LogP contribution in [0.5, 0.6) is 0 Å². The van der Waals surface area contributed by atoms with Crippen molar-refractivity contribution in [3.8, 4) is 10.7 Å². The van der Waals surface area contributed by atoms with E-state index in [0.717, 1.165) is 35.3 Å². The minimum atomic E-state index is -3.50. The minimum Gasteiger partial charge on any atom is -0.376 e. The van der Waals surface area contributed by atoms with Gasteiger partial charge in [0, 0.05) is 18.9 Å². The summed E-state index contributed by atoms with van der Waals surface area (Å²) >= 11 is 3.12. The van der Waals surface area contributed by atoms with Gasteiger partial charge in [0.1, 0.15) is 0 Å². The van der Waals surface area contributed by atoms with Crippen molar-refractivity contribution in [1.29, 1.82) is 0 Å². The van der Waals surface area contributed by atoms with E-state index in [1.165, 1.54) is 11.8 Å². The number of aromatic nitrogens is 3. The fourth-order valence-corrected chi connectivity index (χ4v) is 5.84. The number of ether oxygens (including phenoxy) is 1. The summed E-state index contributed by atoms with van der Waals surface area (Å²) in [6.45, 7) is 1.81. The lowest BCUT2D eigenvalue weighted by atomic mass is 10.2. The molecule has 1 aliphatic rings. The summed E-state index contributed by atoms with van der Waals surface area (Å²) in [6.07, 6.45) is 2.27. The number of sulfonamides is 1. The van der Waals surface area contributed by atoms with Crippen LogP contribution >= 0.6 is 23.1 Å². The highest BCUT2D eigenvalue weighted by Gasteiger charge is 2.22. The molecule has 2 aromatic heterocycles. The van der Waals surface area contributed by atoms with Crippen LogP contribution in [0, 0.1) is 0 Å². The van der Waals surface area contributed by atoms with Crippen LogP contribution in [0.25, 0.3) is 10.7 Å². The first-order valence-corrected chi connectivity index (χ1v) is 12.7. The van der Waals surface area contributed by atoms with Crippen molar-refractivity contribution in [2.45, 2.75) is 35.5 Å². The van der Waals surface area contributed by atoms with Crippen molar-refractivity contribution < 1.29 is 13.2 Å². The number of nitrogens with one attached hydrogen (secondary N) is 1. The Balaban J connectivity index is 1.41. The van der Waals surface area contributed by atoms with Crippen LogP contribution in [0.3, 0.4) is 0 Å². The van der Waals surface area contributed by atoms with Crippen molar-refractivity contribution in [3.05, 3.63) is 47.8 Å². The first-order valence-electron chi connectivity index (χ1n) is 9.40. The van der Waals surface area contributed by atoms with Gasteiger partial charge in [0.2, 0.25) is 10.0 Å². The van der Waals surface area contributed by atoms with Crippen molar-refractivity contribution >= 4 is 33.1 Å². The Kier molecular flexibility index (Phi) is 6.66. The highest BCUT2D eigenvalue weighted by molar-refractivity contribution is 7.99. The maximum absolute atomic E-state index is 12.3. The monoisotopic (exact) mass is 450 g/mol. The van der Waals surface area contributed by atoms with Crippen LogP contribution in [0.4, 0.5) is 0 Å². The molecule has 0 unspecified atom stereocenters. The second-order valence-electron chi connectivity index (χ2n) is 6.59. The van der Waals surface area contributed by atoms with Gasteiger partial charge >= 0.3 is 0 Å². The topological polar surface area (TPSA) is 86.1 Å². The molecular weight excluding hydrogens is 428 g/mol. The zero-order chi connectivity index (χ0) is 20.1. The van der Waals surface area contributed by atoms with Gasteiger partial charge in [0.05, 0.1) is 22.4 Å². The molecule has 1 aromatic carbocycles. The largest absolute Gasteiger partial charge is 0.376 e. The maximum Gasteiger partial charge on any atom is 0.240 e. The van der Waals surface area contributed by atoms with E-state index in [1.807, 2.05) is 17.5 Å². The van der Waals surface area contributed by atoms with Crippen LogP contribution in [0.1, 0.15) is 12.8 Å². The summed E-state index contributed by atoms with van der Waals surface area (Å²) in [6, 6.07) is 12.4. The summed E-state index contributed by atoms with van der Waals surface area (Å²) in [5, 5.41) is 11.5. The molecule has 1 saturated heterocycles. The standard InChI is InChI=1S/C19H22N4O3S3/c24-29(25,16-7-2-1-3-8-16)20-10-13-28-19-22-21-18(17-9-5-12-27-17)23(19)14-15-6-4-11-26-15/h1-3,5,7-9,12,15,20H,4,6,10-11,13-14H2/t15-/m0/s1. The molecule has 1 atom stereocenters. The highest BCUT2D eigenvalue weighted by atomic mass is 32.2. The zero-order valence-electron chi connectivity index (χ0n) is 15.7. The molecule has 154 valence electrons. The normalized spacial score (nSPS) is 17.0. The molecule has 0 amide bonds. The van der Waals surface area contributed by atoms with E-state index in [0.29, 0.717) is 18.8 Å². The predicted molar refractivity (Wildman–Crippen MR) is 115 cm³/mol. The number of hydrogen-bond donors (Lipinski definition) is 1. The third kappa shape index (κ3) is 5.07. The molecule has 0 radical (unpaired) electrons. The van der Waals surface area contributed by atoms with Gasteiger partial charge in [-0.2, -0.15) is 0 Å². The van der Waals surface area contributed by atoms with Gasteiger partial charge in [-0.15, -0.1) is 21.5 Å². The highest BCUT2D eigenvalue weighted by Crippen LogP contribution is 2.29. The van der Waals surface area contributed by atoms with Crippen LogP contribution in [-0.4, -0.2) is 48.2 Å². The van der Waals surface area contributed by atoms with E-state index in [2.05, 4.69) is 19.5 Å². The average molecular weight is 451 g/mol. The molecule has 29 heavy (non-hydrogen) atoms. The third-order valence-electron chi connectivity index (χ3n) is 4.55. The molecule has 0 saturated carbocycles. The summed E-state index contributed by atoms with van der Waals surface area (Å²) in [5.41, 5.74) is 0. The first-order chi connectivity index (χ1) is 14.1. The van der Waals surface area contributed by atoms with Gasteiger partial charge in [-0.1, -0.05) is 36.0 Å². The van der Waals surface area contributed by atoms with Crippen LogP contribution in [-0.2, 0) is 21.3 Å². The van der Waals surface area contributed by atoms with E-state index < -0.39 is 10.0 Å². The number of thiophene rings is 1. The van der Waals surface area contributed by atoms with Crippen LogP contribution in [0.15, 0.2) is 57.9 Å². The minimum absolute atomic E-state index is 0.167. The quantitative estimate of drug-likeness (QED) is 0.398. The molecule has 1 fully saturated rings. The fourth-order valence-electron chi connectivity index (χ4n) is 3.14. The Morgan fingerprint density at radius 3 is 2.79 bits per heavy atom. The Morgan fingerprint density at radius 1 is 1.21 bits per heavy atom. The van der Waals surface area contributed by atoms with Crippen molar-refractivity contribution in [2.24, 2.45) is 0 Å². The molecule has 1 aliphatic heterocycles. The van der Waals surface area contributed by atoms with Gasteiger partial charge in [0.25, 0.3) is 0 Å². The van der Waals surface area contributed by atoms with Crippen molar-refractivity contribution in [2.75, 3.05) is 18.9 Å². The number of benzene rings is 1. The third-order valence-corrected chi connectivity index (χ3v) is 7.86. The van der Waals surface area contributed by atoms with E-state index in [9.17, 15) is 8.42 Å². The summed E-state index contributed by atoms with van der Waals surface area (Å²) in [7, 11) is -3.50. The predicted octanol–water partition coefficient (Wildman–Crippen LogP) is 3.26. The van der Waals surface area contributed by atoms with Gasteiger partial charge < -0.3 is 4.74 Å². The lowest BCUT2D eigenvalue weighted by Crippen LogP contribution is -2.26. The number of hydrogen-bond acceptors (Lipinski definition) is 7. The number of thioether (sulfide) groups is 1. The summed E-state index contributed by atoms with van der Waals surface area (Å²) in [5.74, 6) is 1.39. The van der Waals surface area contributed by atoms with Gasteiger partial charge in [-0.05, 0) is 36.4 Å². The van der Waals surface area contributed by atoms with Gasteiger partial charge in [-0.25, -0.2) is 13.1 Å². The second-order valence-corrected chi connectivity index (χ2v) is 10.4. The second kappa shape index (κ2) is 9.40. The summed E-state index contributed by atoms with van der Waals surface area (Å²) in [4.78, 5) is 1.33.